The number of aryl methyl sites for hydroxylation is 1. The average Bonchev–Trinajstić information content (AvgIpc) is 2.37. The Hall–Kier alpha value is -0.860. The van der Waals surface area contributed by atoms with Crippen LogP contribution in [0.5, 0.6) is 0 Å². The molecule has 106 valence electrons. The molecule has 1 unspecified atom stereocenters. The quantitative estimate of drug-likeness (QED) is 0.851. The summed E-state index contributed by atoms with van der Waals surface area (Å²) in [7, 11) is -3.16. The Kier molecular flexibility index (Phi) is 4.32. The molecule has 1 atom stereocenters. The lowest BCUT2D eigenvalue weighted by atomic mass is 10.3. The second-order valence-corrected chi connectivity index (χ2v) is 7.91. The molecule has 6 nitrogen and oxygen atoms in total. The molecule has 2 N–H and O–H groups in total. The van der Waals surface area contributed by atoms with Gasteiger partial charge in [-0.3, -0.25) is 0 Å². The first-order valence-electron chi connectivity index (χ1n) is 5.99. The van der Waals surface area contributed by atoms with Crippen LogP contribution < -0.4 is 10.6 Å². The summed E-state index contributed by atoms with van der Waals surface area (Å²) in [4.78, 5) is 10.5. The van der Waals surface area contributed by atoms with E-state index in [4.69, 9.17) is 5.73 Å². The number of aromatic nitrogens is 2. The van der Waals surface area contributed by atoms with Gasteiger partial charge >= 0.3 is 0 Å². The van der Waals surface area contributed by atoms with Gasteiger partial charge in [-0.1, -0.05) is 0 Å². The fourth-order valence-corrected chi connectivity index (χ4v) is 4.83. The Morgan fingerprint density at radius 1 is 1.53 bits per heavy atom. The van der Waals surface area contributed by atoms with Gasteiger partial charge in [0.1, 0.15) is 5.37 Å². The number of thioether (sulfide) groups is 1. The van der Waals surface area contributed by atoms with Gasteiger partial charge < -0.3 is 10.6 Å². The van der Waals surface area contributed by atoms with Crippen LogP contribution in [0.1, 0.15) is 11.4 Å². The molecular formula is C11H18N4O2S2. The molecule has 2 heterocycles. The maximum absolute atomic E-state index is 11.9. The van der Waals surface area contributed by atoms with Crippen LogP contribution >= 0.6 is 11.8 Å². The molecule has 8 heteroatoms. The molecule has 1 aliphatic rings. The molecule has 1 fully saturated rings. The highest BCUT2D eigenvalue weighted by molar-refractivity contribution is 8.01. The van der Waals surface area contributed by atoms with Gasteiger partial charge in [0.2, 0.25) is 5.95 Å². The van der Waals surface area contributed by atoms with E-state index in [2.05, 4.69) is 9.97 Å². The van der Waals surface area contributed by atoms with Crippen LogP contribution in [-0.4, -0.2) is 48.1 Å². The molecule has 0 radical (unpaired) electrons. The Morgan fingerprint density at radius 3 is 2.89 bits per heavy atom. The number of nitrogens with zero attached hydrogens (tertiary/aromatic N) is 3. The third kappa shape index (κ3) is 3.37. The van der Waals surface area contributed by atoms with Gasteiger partial charge in [0.25, 0.3) is 0 Å². The van der Waals surface area contributed by atoms with Crippen molar-refractivity contribution in [1.82, 2.24) is 9.97 Å². The molecule has 1 saturated heterocycles. The third-order valence-electron chi connectivity index (χ3n) is 2.94. The number of hydrogen-bond donors (Lipinski definition) is 1. The first-order chi connectivity index (χ1) is 8.91. The maximum atomic E-state index is 11.9. The Balaban J connectivity index is 2.40. The standard InChI is InChI=1S/C11H18N4O2S2/c1-8-5-9(6-12)14-11(13-8)15-3-4-18-7-10(15)19(2,16)17/h5,10H,3-4,6-7,12H2,1-2H3. The fourth-order valence-electron chi connectivity index (χ4n) is 2.01. The van der Waals surface area contributed by atoms with E-state index in [0.717, 1.165) is 17.1 Å². The molecule has 19 heavy (non-hydrogen) atoms. The monoisotopic (exact) mass is 302 g/mol. The van der Waals surface area contributed by atoms with Gasteiger partial charge in [-0.15, -0.1) is 0 Å². The van der Waals surface area contributed by atoms with E-state index < -0.39 is 15.2 Å². The molecule has 0 amide bonds. The topological polar surface area (TPSA) is 89.2 Å². The lowest BCUT2D eigenvalue weighted by Crippen LogP contribution is -2.48. The summed E-state index contributed by atoms with van der Waals surface area (Å²) in [5, 5.41) is -0.557. The van der Waals surface area contributed by atoms with Crippen molar-refractivity contribution in [2.75, 3.05) is 29.2 Å². The van der Waals surface area contributed by atoms with Gasteiger partial charge in [0.05, 0.1) is 5.69 Å². The van der Waals surface area contributed by atoms with Crippen LogP contribution in [0.3, 0.4) is 0 Å². The third-order valence-corrected chi connectivity index (χ3v) is 5.58. The second-order valence-electron chi connectivity index (χ2n) is 4.56. The molecule has 1 aliphatic heterocycles. The van der Waals surface area contributed by atoms with E-state index in [-0.39, 0.29) is 0 Å². The van der Waals surface area contributed by atoms with E-state index >= 15 is 0 Å². The maximum Gasteiger partial charge on any atom is 0.226 e. The summed E-state index contributed by atoms with van der Waals surface area (Å²) >= 11 is 1.64. The molecular weight excluding hydrogens is 284 g/mol. The van der Waals surface area contributed by atoms with Crippen molar-refractivity contribution >= 4 is 27.5 Å². The Bertz CT molecular complexity index is 562. The van der Waals surface area contributed by atoms with Gasteiger partial charge in [-0.25, -0.2) is 18.4 Å². The van der Waals surface area contributed by atoms with Crippen LogP contribution in [0.4, 0.5) is 5.95 Å². The molecule has 1 aromatic heterocycles. The molecule has 0 saturated carbocycles. The number of anilines is 1. The highest BCUT2D eigenvalue weighted by atomic mass is 32.2. The number of rotatable bonds is 3. The molecule has 0 aromatic carbocycles. The van der Waals surface area contributed by atoms with E-state index in [1.807, 2.05) is 13.0 Å². The van der Waals surface area contributed by atoms with Crippen molar-refractivity contribution in [2.24, 2.45) is 5.73 Å². The smallest absolute Gasteiger partial charge is 0.226 e. The van der Waals surface area contributed by atoms with Gasteiger partial charge in [-0.05, 0) is 13.0 Å². The molecule has 2 rings (SSSR count). The van der Waals surface area contributed by atoms with Crippen molar-refractivity contribution in [1.29, 1.82) is 0 Å². The number of hydrogen-bond acceptors (Lipinski definition) is 7. The van der Waals surface area contributed by atoms with Crippen LogP contribution in [-0.2, 0) is 16.4 Å². The summed E-state index contributed by atoms with van der Waals surface area (Å²) in [6.45, 7) is 2.82. The van der Waals surface area contributed by atoms with E-state index in [1.165, 1.54) is 6.26 Å². The Labute approximate surface area is 117 Å². The summed E-state index contributed by atoms with van der Waals surface area (Å²) in [6.07, 6.45) is 1.26. The zero-order valence-corrected chi connectivity index (χ0v) is 12.7. The average molecular weight is 302 g/mol. The molecule has 0 aliphatic carbocycles. The van der Waals surface area contributed by atoms with Crippen molar-refractivity contribution in [3.63, 3.8) is 0 Å². The SMILES string of the molecule is Cc1cc(CN)nc(N2CCSCC2S(C)(=O)=O)n1. The minimum atomic E-state index is -3.16. The number of sulfone groups is 1. The zero-order chi connectivity index (χ0) is 14.0. The first-order valence-corrected chi connectivity index (χ1v) is 9.10. The predicted octanol–water partition coefficient (Wildman–Crippen LogP) is 0.168. The van der Waals surface area contributed by atoms with Crippen molar-refractivity contribution < 1.29 is 8.42 Å². The van der Waals surface area contributed by atoms with Gasteiger partial charge in [-0.2, -0.15) is 11.8 Å². The van der Waals surface area contributed by atoms with Crippen LogP contribution in [0, 0.1) is 6.92 Å². The van der Waals surface area contributed by atoms with Crippen molar-refractivity contribution in [3.8, 4) is 0 Å². The van der Waals surface area contributed by atoms with Crippen molar-refractivity contribution in [3.05, 3.63) is 17.5 Å². The molecule has 0 bridgehead atoms. The first kappa shape index (κ1) is 14.5. The van der Waals surface area contributed by atoms with Gasteiger partial charge in [0.15, 0.2) is 9.84 Å². The largest absolute Gasteiger partial charge is 0.325 e. The lowest BCUT2D eigenvalue weighted by molar-refractivity contribution is 0.582. The number of nitrogens with two attached hydrogens (primary N) is 1. The van der Waals surface area contributed by atoms with E-state index in [0.29, 0.717) is 24.8 Å². The van der Waals surface area contributed by atoms with E-state index in [1.54, 1.807) is 16.7 Å². The van der Waals surface area contributed by atoms with E-state index in [9.17, 15) is 8.42 Å². The molecule has 0 spiro atoms. The van der Waals surface area contributed by atoms with Crippen LogP contribution in [0.2, 0.25) is 0 Å². The summed E-state index contributed by atoms with van der Waals surface area (Å²) in [6, 6.07) is 1.82. The summed E-state index contributed by atoms with van der Waals surface area (Å²) in [5.74, 6) is 1.89. The molecule has 1 aromatic rings. The minimum Gasteiger partial charge on any atom is -0.325 e. The highest BCUT2D eigenvalue weighted by Crippen LogP contribution is 2.24. The minimum absolute atomic E-state index is 0.322. The lowest BCUT2D eigenvalue weighted by Gasteiger charge is -2.34. The second kappa shape index (κ2) is 5.64. The van der Waals surface area contributed by atoms with Gasteiger partial charge in [0, 0.05) is 36.5 Å². The normalized spacial score (nSPS) is 20.6. The summed E-state index contributed by atoms with van der Waals surface area (Å²) < 4.78 is 23.7. The Morgan fingerprint density at radius 2 is 2.26 bits per heavy atom. The van der Waals surface area contributed by atoms with Crippen LogP contribution in [0.15, 0.2) is 6.07 Å². The summed E-state index contributed by atoms with van der Waals surface area (Å²) in [5.41, 5.74) is 7.14. The van der Waals surface area contributed by atoms with Crippen molar-refractivity contribution in [2.45, 2.75) is 18.8 Å². The van der Waals surface area contributed by atoms with Crippen LogP contribution in [0.25, 0.3) is 0 Å². The predicted molar refractivity (Wildman–Crippen MR) is 78.0 cm³/mol. The fraction of sp³-hybridized carbons (Fsp3) is 0.636. The highest BCUT2D eigenvalue weighted by Gasteiger charge is 2.32. The zero-order valence-electron chi connectivity index (χ0n) is 11.0.